The predicted octanol–water partition coefficient (Wildman–Crippen LogP) is 2.26. The summed E-state index contributed by atoms with van der Waals surface area (Å²) in [5, 5.41) is 0. The number of allylic oxidation sites excluding steroid dienone is 2. The van der Waals surface area contributed by atoms with Crippen molar-refractivity contribution in [1.29, 1.82) is 0 Å². The highest BCUT2D eigenvalue weighted by molar-refractivity contribution is 5.95. The number of carbonyl (C=O) groups is 2. The van der Waals surface area contributed by atoms with E-state index in [0.717, 1.165) is 19.4 Å². The average Bonchev–Trinajstić information content (AvgIpc) is 2.39. The number of carbonyl (C=O) groups excluding carboxylic acids is 2. The van der Waals surface area contributed by atoms with Crippen LogP contribution in [0.5, 0.6) is 0 Å². The molecule has 0 radical (unpaired) electrons. The summed E-state index contributed by atoms with van der Waals surface area (Å²) in [4.78, 5) is 26.3. The first kappa shape index (κ1) is 19.6. The van der Waals surface area contributed by atoms with Crippen LogP contribution in [0, 0.1) is 11.8 Å². The lowest BCUT2D eigenvalue weighted by Gasteiger charge is -2.22. The van der Waals surface area contributed by atoms with Gasteiger partial charge in [-0.2, -0.15) is 0 Å². The number of hydrogen-bond donors (Lipinski definition) is 0. The van der Waals surface area contributed by atoms with Gasteiger partial charge in [0.2, 0.25) is 0 Å². The molecule has 0 bridgehead atoms. The van der Waals surface area contributed by atoms with E-state index in [-0.39, 0.29) is 19.1 Å². The monoisotopic (exact) mass is 299 g/mol. The van der Waals surface area contributed by atoms with Gasteiger partial charge in [-0.05, 0) is 54.3 Å². The zero-order valence-corrected chi connectivity index (χ0v) is 13.9. The van der Waals surface area contributed by atoms with Gasteiger partial charge in [-0.3, -0.25) is 9.59 Å². The molecule has 0 N–H and O–H groups in total. The molecule has 1 unspecified atom stereocenters. The van der Waals surface area contributed by atoms with Crippen LogP contribution in [0.2, 0.25) is 0 Å². The van der Waals surface area contributed by atoms with Crippen LogP contribution < -0.4 is 0 Å². The fourth-order valence-corrected chi connectivity index (χ4v) is 2.17. The van der Waals surface area contributed by atoms with Crippen LogP contribution in [-0.4, -0.2) is 50.7 Å². The Bertz CT molecular complexity index is 321. The minimum Gasteiger partial charge on any atom is -0.465 e. The van der Waals surface area contributed by atoms with Crippen molar-refractivity contribution >= 4 is 11.9 Å². The number of nitrogens with zero attached hydrogens (tertiary/aromatic N) is 1. The molecular weight excluding hydrogens is 270 g/mol. The molecular formula is C16H29NO4. The molecule has 0 saturated carbocycles. The maximum Gasteiger partial charge on any atom is 0.320 e. The first-order valence-corrected chi connectivity index (χ1v) is 7.58. The summed E-state index contributed by atoms with van der Waals surface area (Å²) in [5.74, 6) is -2.05. The zero-order chi connectivity index (χ0) is 16.3. The van der Waals surface area contributed by atoms with E-state index in [0.29, 0.717) is 0 Å². The molecule has 0 rings (SSSR count). The van der Waals surface area contributed by atoms with Crippen LogP contribution >= 0.6 is 0 Å². The average molecular weight is 299 g/mol. The molecule has 5 nitrogen and oxygen atoms in total. The summed E-state index contributed by atoms with van der Waals surface area (Å²) < 4.78 is 10.1. The first-order chi connectivity index (χ1) is 9.97. The molecule has 0 aromatic heterocycles. The van der Waals surface area contributed by atoms with Gasteiger partial charge in [-0.25, -0.2) is 0 Å². The maximum atomic E-state index is 12.1. The van der Waals surface area contributed by atoms with E-state index in [9.17, 15) is 9.59 Å². The Balaban J connectivity index is 4.99. The molecule has 0 aromatic rings. The van der Waals surface area contributed by atoms with Gasteiger partial charge in [0.15, 0.2) is 5.92 Å². The second kappa shape index (κ2) is 11.3. The zero-order valence-electron chi connectivity index (χ0n) is 13.9. The molecule has 122 valence electrons. The third-order valence-corrected chi connectivity index (χ3v) is 3.09. The van der Waals surface area contributed by atoms with E-state index in [1.807, 2.05) is 33.2 Å². The Morgan fingerprint density at radius 3 is 2.00 bits per heavy atom. The van der Waals surface area contributed by atoms with E-state index in [1.165, 1.54) is 0 Å². The smallest absolute Gasteiger partial charge is 0.320 e. The fraction of sp³-hybridized carbons (Fsp3) is 0.750. The summed E-state index contributed by atoms with van der Waals surface area (Å²) in [6, 6.07) is 0. The van der Waals surface area contributed by atoms with Crippen LogP contribution in [-0.2, 0) is 19.1 Å². The Hall–Kier alpha value is -1.36. The summed E-state index contributed by atoms with van der Waals surface area (Å²) in [5.41, 5.74) is 0. The lowest BCUT2D eigenvalue weighted by Crippen LogP contribution is -2.34. The van der Waals surface area contributed by atoms with Crippen molar-refractivity contribution in [2.24, 2.45) is 11.8 Å². The molecule has 0 spiro atoms. The van der Waals surface area contributed by atoms with Crippen molar-refractivity contribution in [2.75, 3.05) is 33.9 Å². The van der Waals surface area contributed by atoms with Crippen LogP contribution in [0.15, 0.2) is 12.2 Å². The van der Waals surface area contributed by atoms with Gasteiger partial charge < -0.3 is 14.4 Å². The number of rotatable bonds is 10. The summed E-state index contributed by atoms with van der Waals surface area (Å²) in [6.45, 7) is 6.77. The third-order valence-electron chi connectivity index (χ3n) is 3.09. The first-order valence-electron chi connectivity index (χ1n) is 7.58. The maximum absolute atomic E-state index is 12.1. The van der Waals surface area contributed by atoms with Crippen molar-refractivity contribution in [3.8, 4) is 0 Å². The van der Waals surface area contributed by atoms with Crippen LogP contribution in [0.25, 0.3) is 0 Å². The minimum absolute atomic E-state index is 0.187. The Kier molecular flexibility index (Phi) is 10.6. The van der Waals surface area contributed by atoms with Gasteiger partial charge in [0, 0.05) is 5.92 Å². The summed E-state index contributed by atoms with van der Waals surface area (Å²) in [7, 11) is 4.00. The Morgan fingerprint density at radius 1 is 1.10 bits per heavy atom. The SMILES string of the molecule is C/C=C/C(CCCN(C)C)C(C(=O)OCC)C(=O)OCC. The molecule has 0 amide bonds. The molecule has 0 saturated heterocycles. The van der Waals surface area contributed by atoms with E-state index in [4.69, 9.17) is 9.47 Å². The normalized spacial score (nSPS) is 12.9. The van der Waals surface area contributed by atoms with Crippen LogP contribution in [0.1, 0.15) is 33.6 Å². The van der Waals surface area contributed by atoms with Crippen LogP contribution in [0.3, 0.4) is 0 Å². The molecule has 0 aromatic carbocycles. The largest absolute Gasteiger partial charge is 0.465 e. The number of ether oxygens (including phenoxy) is 2. The predicted molar refractivity (Wildman–Crippen MR) is 82.8 cm³/mol. The fourth-order valence-electron chi connectivity index (χ4n) is 2.17. The van der Waals surface area contributed by atoms with Crippen molar-refractivity contribution in [3.63, 3.8) is 0 Å². The van der Waals surface area contributed by atoms with Crippen molar-refractivity contribution in [1.82, 2.24) is 4.90 Å². The van der Waals surface area contributed by atoms with Gasteiger partial charge >= 0.3 is 11.9 Å². The highest BCUT2D eigenvalue weighted by Gasteiger charge is 2.35. The molecule has 0 aliphatic heterocycles. The van der Waals surface area contributed by atoms with E-state index in [1.54, 1.807) is 13.8 Å². The number of esters is 2. The van der Waals surface area contributed by atoms with Gasteiger partial charge in [-0.15, -0.1) is 0 Å². The second-order valence-electron chi connectivity index (χ2n) is 5.12. The highest BCUT2D eigenvalue weighted by atomic mass is 16.6. The third kappa shape index (κ3) is 7.85. The quantitative estimate of drug-likeness (QED) is 0.352. The van der Waals surface area contributed by atoms with Crippen molar-refractivity contribution in [2.45, 2.75) is 33.6 Å². The molecule has 5 heteroatoms. The van der Waals surface area contributed by atoms with Crippen molar-refractivity contribution < 1.29 is 19.1 Å². The summed E-state index contributed by atoms with van der Waals surface area (Å²) >= 11 is 0. The molecule has 0 heterocycles. The second-order valence-corrected chi connectivity index (χ2v) is 5.12. The standard InChI is InChI=1S/C16H29NO4/c1-6-10-13(11-9-12-17(4)5)14(15(18)20-7-2)16(19)21-8-3/h6,10,13-14H,7-9,11-12H2,1-5H3/b10-6+. The molecule has 0 aliphatic carbocycles. The van der Waals surface area contributed by atoms with Crippen LogP contribution in [0.4, 0.5) is 0 Å². The Labute approximate surface area is 128 Å². The van der Waals surface area contributed by atoms with E-state index < -0.39 is 17.9 Å². The molecule has 1 atom stereocenters. The minimum atomic E-state index is -0.872. The van der Waals surface area contributed by atoms with E-state index in [2.05, 4.69) is 4.90 Å². The van der Waals surface area contributed by atoms with Gasteiger partial charge in [0.05, 0.1) is 13.2 Å². The molecule has 21 heavy (non-hydrogen) atoms. The lowest BCUT2D eigenvalue weighted by atomic mass is 9.87. The molecule has 0 fully saturated rings. The van der Waals surface area contributed by atoms with Gasteiger partial charge in [-0.1, -0.05) is 12.2 Å². The van der Waals surface area contributed by atoms with Gasteiger partial charge in [0.1, 0.15) is 0 Å². The summed E-state index contributed by atoms with van der Waals surface area (Å²) in [6.07, 6.45) is 5.40. The highest BCUT2D eigenvalue weighted by Crippen LogP contribution is 2.23. The van der Waals surface area contributed by atoms with E-state index >= 15 is 0 Å². The lowest BCUT2D eigenvalue weighted by molar-refractivity contribution is -0.163. The Morgan fingerprint density at radius 2 is 1.62 bits per heavy atom. The molecule has 0 aliphatic rings. The van der Waals surface area contributed by atoms with Crippen molar-refractivity contribution in [3.05, 3.63) is 12.2 Å². The topological polar surface area (TPSA) is 55.8 Å². The number of hydrogen-bond acceptors (Lipinski definition) is 5. The van der Waals surface area contributed by atoms with Gasteiger partial charge in [0.25, 0.3) is 0 Å².